The fraction of sp³-hybridized carbons (Fsp3) is 0.467. The fourth-order valence-electron chi connectivity index (χ4n) is 3.98. The largest absolute Gasteiger partial charge is 0.516 e. The van der Waals surface area contributed by atoms with E-state index in [0.29, 0.717) is 46.1 Å². The smallest absolute Gasteiger partial charge is 0.506 e. The number of phenolic OH excluding ortho intramolecular Hbond substituents is 1. The van der Waals surface area contributed by atoms with Gasteiger partial charge in [-0.2, -0.15) is 0 Å². The third-order valence-corrected chi connectivity index (χ3v) is 7.30. The maximum absolute atomic E-state index is 13.6. The van der Waals surface area contributed by atoms with Crippen molar-refractivity contribution in [2.24, 2.45) is 5.73 Å². The lowest BCUT2D eigenvalue weighted by atomic mass is 10.0. The molecule has 0 saturated carbocycles. The van der Waals surface area contributed by atoms with Gasteiger partial charge in [0.15, 0.2) is 0 Å². The number of urea groups is 1. The van der Waals surface area contributed by atoms with Crippen LogP contribution in [0.5, 0.6) is 11.5 Å². The Labute approximate surface area is 274 Å². The molecule has 0 bridgehead atoms. The fourth-order valence-corrected chi connectivity index (χ4v) is 5.26. The number of carbonyl (C=O) groups is 4. The van der Waals surface area contributed by atoms with Gasteiger partial charge in [0.25, 0.3) is 0 Å². The summed E-state index contributed by atoms with van der Waals surface area (Å²) in [7, 11) is 1.57. The summed E-state index contributed by atoms with van der Waals surface area (Å²) in [5.41, 5.74) is 6.24. The van der Waals surface area contributed by atoms with E-state index in [-0.39, 0.29) is 25.1 Å². The SMILES string of the molecule is COc1cccc(CCNC(=O)N[C@H](Cc2cc(Br)c(O)c(Br)c2)C(=O)N[C@@H](CCCCN)C(=O)OC(=O)OC(C)(C)C)c1. The van der Waals surface area contributed by atoms with Gasteiger partial charge < -0.3 is 41.0 Å². The van der Waals surface area contributed by atoms with Gasteiger partial charge in [0.2, 0.25) is 5.91 Å². The molecular formula is C30H40Br2N4O8. The summed E-state index contributed by atoms with van der Waals surface area (Å²) in [4.78, 5) is 51.5. The summed E-state index contributed by atoms with van der Waals surface area (Å²) in [5.74, 6) is -1.02. The molecule has 0 aliphatic carbocycles. The Balaban J connectivity index is 2.20. The van der Waals surface area contributed by atoms with E-state index in [9.17, 15) is 24.3 Å². The molecule has 242 valence electrons. The van der Waals surface area contributed by atoms with Crippen molar-refractivity contribution in [3.05, 3.63) is 56.5 Å². The van der Waals surface area contributed by atoms with Crippen molar-refractivity contribution in [1.29, 1.82) is 0 Å². The number of nitrogens with one attached hydrogen (secondary N) is 3. The van der Waals surface area contributed by atoms with Crippen molar-refractivity contribution in [2.75, 3.05) is 20.2 Å². The van der Waals surface area contributed by atoms with Gasteiger partial charge in [0.1, 0.15) is 29.2 Å². The minimum atomic E-state index is -1.21. The molecule has 3 amide bonds. The second kappa shape index (κ2) is 17.8. The molecule has 44 heavy (non-hydrogen) atoms. The quantitative estimate of drug-likeness (QED) is 0.106. The third kappa shape index (κ3) is 13.1. The van der Waals surface area contributed by atoms with E-state index in [1.165, 1.54) is 0 Å². The minimum absolute atomic E-state index is 0.00323. The number of hydrogen-bond acceptors (Lipinski definition) is 9. The van der Waals surface area contributed by atoms with Crippen molar-refractivity contribution >= 4 is 55.9 Å². The summed E-state index contributed by atoms with van der Waals surface area (Å²) in [6.07, 6.45) is 0.497. The van der Waals surface area contributed by atoms with Crippen molar-refractivity contribution in [2.45, 2.75) is 70.6 Å². The molecule has 0 aromatic heterocycles. The van der Waals surface area contributed by atoms with E-state index in [4.69, 9.17) is 19.9 Å². The first-order valence-corrected chi connectivity index (χ1v) is 15.6. The summed E-state index contributed by atoms with van der Waals surface area (Å²) in [6, 6.07) is 7.68. The number of carbonyl (C=O) groups excluding carboxylic acids is 4. The van der Waals surface area contributed by atoms with Crippen LogP contribution < -0.4 is 26.4 Å². The number of halogens is 2. The number of nitrogens with two attached hydrogens (primary N) is 1. The number of amides is 3. The van der Waals surface area contributed by atoms with Crippen LogP contribution in [0.4, 0.5) is 9.59 Å². The summed E-state index contributed by atoms with van der Waals surface area (Å²) in [5, 5.41) is 18.1. The number of unbranched alkanes of at least 4 members (excludes halogenated alkanes) is 1. The van der Waals surface area contributed by atoms with Crippen LogP contribution in [0, 0.1) is 0 Å². The summed E-state index contributed by atoms with van der Waals surface area (Å²) in [6.45, 7) is 5.51. The van der Waals surface area contributed by atoms with Crippen molar-refractivity contribution in [3.63, 3.8) is 0 Å². The molecule has 2 rings (SSSR count). The minimum Gasteiger partial charge on any atom is -0.506 e. The zero-order valence-electron chi connectivity index (χ0n) is 25.2. The second-order valence-electron chi connectivity index (χ2n) is 10.9. The molecule has 6 N–H and O–H groups in total. The predicted octanol–water partition coefficient (Wildman–Crippen LogP) is 4.47. The van der Waals surface area contributed by atoms with Crippen LogP contribution >= 0.6 is 31.9 Å². The molecule has 0 aliphatic heterocycles. The van der Waals surface area contributed by atoms with Gasteiger partial charge in [0, 0.05) is 13.0 Å². The molecule has 0 spiro atoms. The van der Waals surface area contributed by atoms with E-state index >= 15 is 0 Å². The Morgan fingerprint density at radius 1 is 0.977 bits per heavy atom. The molecule has 0 aliphatic rings. The Morgan fingerprint density at radius 3 is 2.27 bits per heavy atom. The number of methoxy groups -OCH3 is 1. The monoisotopic (exact) mass is 742 g/mol. The van der Waals surface area contributed by atoms with Crippen LogP contribution in [0.15, 0.2) is 45.3 Å². The van der Waals surface area contributed by atoms with Gasteiger partial charge in [0.05, 0.1) is 16.1 Å². The van der Waals surface area contributed by atoms with Crippen LogP contribution in [0.25, 0.3) is 0 Å². The van der Waals surface area contributed by atoms with E-state index < -0.39 is 41.7 Å². The maximum atomic E-state index is 13.6. The number of esters is 1. The lowest BCUT2D eigenvalue weighted by Gasteiger charge is -2.24. The number of rotatable bonds is 14. The Morgan fingerprint density at radius 2 is 1.66 bits per heavy atom. The number of aromatic hydroxyl groups is 1. The molecule has 0 unspecified atom stereocenters. The molecule has 2 aromatic rings. The van der Waals surface area contributed by atoms with Crippen molar-refractivity contribution in [3.8, 4) is 11.5 Å². The summed E-state index contributed by atoms with van der Waals surface area (Å²) >= 11 is 6.55. The van der Waals surface area contributed by atoms with Gasteiger partial charge in [-0.3, -0.25) is 4.79 Å². The second-order valence-corrected chi connectivity index (χ2v) is 12.6. The molecule has 0 saturated heterocycles. The van der Waals surface area contributed by atoms with Gasteiger partial charge in [-0.05, 0) is 120 Å². The third-order valence-electron chi connectivity index (χ3n) is 6.09. The van der Waals surface area contributed by atoms with E-state index in [2.05, 4.69) is 47.8 Å². The Hall–Kier alpha value is -3.36. The highest BCUT2D eigenvalue weighted by atomic mass is 79.9. The first kappa shape index (κ1) is 36.8. The zero-order valence-corrected chi connectivity index (χ0v) is 28.4. The molecule has 14 heteroatoms. The first-order valence-electron chi connectivity index (χ1n) is 14.0. The molecule has 0 fully saturated rings. The standard InChI is InChI=1S/C30H40Br2N4O8/c1-30(2,3)44-29(41)43-27(39)23(10-5-6-12-33)35-26(38)24(17-19-15-21(31)25(37)22(32)16-19)36-28(40)34-13-11-18-8-7-9-20(14-18)42-4/h7-9,14-16,23-24,37H,5-6,10-13,17,33H2,1-4H3,(H,35,38)(H2,34,36,40)/t23-,24+/m0/s1. The van der Waals surface area contributed by atoms with Crippen molar-refractivity contribution < 1.29 is 38.5 Å². The molecule has 0 heterocycles. The topological polar surface area (TPSA) is 178 Å². The van der Waals surface area contributed by atoms with Crippen LogP contribution in [-0.2, 0) is 31.9 Å². The number of hydrogen-bond donors (Lipinski definition) is 5. The van der Waals surface area contributed by atoms with Crippen molar-refractivity contribution in [1.82, 2.24) is 16.0 Å². The van der Waals surface area contributed by atoms with Gasteiger partial charge in [-0.25, -0.2) is 14.4 Å². The summed E-state index contributed by atoms with van der Waals surface area (Å²) < 4.78 is 15.9. The zero-order chi connectivity index (χ0) is 32.9. The predicted molar refractivity (Wildman–Crippen MR) is 171 cm³/mol. The van der Waals surface area contributed by atoms with Gasteiger partial charge in [-0.15, -0.1) is 0 Å². The molecule has 2 atom stereocenters. The number of benzene rings is 2. The average Bonchev–Trinajstić information content (AvgIpc) is 2.94. The Kier molecular flexibility index (Phi) is 14.9. The van der Waals surface area contributed by atoms with Crippen LogP contribution in [0.1, 0.15) is 51.2 Å². The molecule has 2 aromatic carbocycles. The normalized spacial score (nSPS) is 12.4. The van der Waals surface area contributed by atoms with Gasteiger partial charge >= 0.3 is 18.2 Å². The molecule has 12 nitrogen and oxygen atoms in total. The Bertz CT molecular complexity index is 1280. The molecule has 0 radical (unpaired) electrons. The van der Waals surface area contributed by atoms with Gasteiger partial charge in [-0.1, -0.05) is 12.1 Å². The highest BCUT2D eigenvalue weighted by Crippen LogP contribution is 2.33. The van der Waals surface area contributed by atoms with E-state index in [1.807, 2.05) is 24.3 Å². The van der Waals surface area contributed by atoms with Crippen LogP contribution in [0.3, 0.4) is 0 Å². The lowest BCUT2D eigenvalue weighted by Crippen LogP contribution is -2.54. The van der Waals surface area contributed by atoms with Crippen LogP contribution in [-0.4, -0.2) is 67.1 Å². The maximum Gasteiger partial charge on any atom is 0.516 e. The van der Waals surface area contributed by atoms with E-state index in [0.717, 1.165) is 5.56 Å². The van der Waals surface area contributed by atoms with Crippen LogP contribution in [0.2, 0.25) is 0 Å². The molecular weight excluding hydrogens is 704 g/mol. The highest BCUT2D eigenvalue weighted by molar-refractivity contribution is 9.11. The lowest BCUT2D eigenvalue weighted by molar-refractivity contribution is -0.146. The number of ether oxygens (including phenoxy) is 3. The van der Waals surface area contributed by atoms with E-state index in [1.54, 1.807) is 40.0 Å². The highest BCUT2D eigenvalue weighted by Gasteiger charge is 2.30. The number of phenols is 1. The average molecular weight is 744 g/mol. The first-order chi connectivity index (χ1) is 20.7.